The zero-order valence-corrected chi connectivity index (χ0v) is 21.5. The van der Waals surface area contributed by atoms with Crippen LogP contribution in [0, 0.1) is 16.0 Å². The van der Waals surface area contributed by atoms with Crippen molar-refractivity contribution in [2.24, 2.45) is 5.92 Å². The fraction of sp³-hybridized carbons (Fsp3) is 0.333. The summed E-state index contributed by atoms with van der Waals surface area (Å²) in [4.78, 5) is 37.8. The summed E-state index contributed by atoms with van der Waals surface area (Å²) in [6.45, 7) is 1.30. The zero-order chi connectivity index (χ0) is 26.9. The number of benzene rings is 3. The van der Waals surface area contributed by atoms with Gasteiger partial charge in [-0.3, -0.25) is 19.7 Å². The molecule has 1 aliphatic heterocycles. The summed E-state index contributed by atoms with van der Waals surface area (Å²) in [5.41, 5.74) is 3.86. The van der Waals surface area contributed by atoms with Crippen molar-refractivity contribution in [3.63, 3.8) is 0 Å². The van der Waals surface area contributed by atoms with E-state index in [2.05, 4.69) is 17.4 Å². The van der Waals surface area contributed by atoms with E-state index in [1.54, 1.807) is 12.1 Å². The van der Waals surface area contributed by atoms with Gasteiger partial charge in [0, 0.05) is 37.0 Å². The molecular formula is C30H33N3O5. The second-order valence-corrected chi connectivity index (χ2v) is 9.59. The molecule has 0 unspecified atom stereocenters. The number of likely N-dealkylation sites (tertiary alicyclic amines) is 1. The molecule has 1 fully saturated rings. The van der Waals surface area contributed by atoms with E-state index in [0.717, 1.165) is 36.1 Å². The van der Waals surface area contributed by atoms with E-state index in [9.17, 15) is 19.7 Å². The maximum Gasteiger partial charge on any atom is 0.306 e. The number of carbonyl (C=O) groups excluding carboxylic acids is 2. The fourth-order valence-electron chi connectivity index (χ4n) is 5.08. The van der Waals surface area contributed by atoms with Gasteiger partial charge in [0.2, 0.25) is 5.91 Å². The molecule has 198 valence electrons. The molecule has 0 bridgehead atoms. The summed E-state index contributed by atoms with van der Waals surface area (Å²) in [5, 5.41) is 14.6. The van der Waals surface area contributed by atoms with Crippen LogP contribution in [0.2, 0.25) is 0 Å². The lowest BCUT2D eigenvalue weighted by Crippen LogP contribution is -2.36. The maximum atomic E-state index is 13.2. The molecule has 8 nitrogen and oxygen atoms in total. The van der Waals surface area contributed by atoms with E-state index in [0.29, 0.717) is 19.5 Å². The van der Waals surface area contributed by atoms with E-state index in [-0.39, 0.29) is 35.9 Å². The van der Waals surface area contributed by atoms with E-state index >= 15 is 0 Å². The number of hydrogen-bond donors (Lipinski definition) is 1. The highest BCUT2D eigenvalue weighted by atomic mass is 16.6. The predicted octanol–water partition coefficient (Wildman–Crippen LogP) is 5.48. The monoisotopic (exact) mass is 515 g/mol. The summed E-state index contributed by atoms with van der Waals surface area (Å²) in [6.07, 6.45) is 3.24. The van der Waals surface area contributed by atoms with Crippen molar-refractivity contribution in [2.45, 2.75) is 38.1 Å². The van der Waals surface area contributed by atoms with E-state index in [1.807, 2.05) is 53.4 Å². The Kier molecular flexibility index (Phi) is 9.08. The van der Waals surface area contributed by atoms with Crippen molar-refractivity contribution >= 4 is 23.3 Å². The second-order valence-electron chi connectivity index (χ2n) is 9.59. The molecule has 2 atom stereocenters. The number of aryl methyl sites for hydroxylation is 1. The first-order chi connectivity index (χ1) is 18.4. The van der Waals surface area contributed by atoms with E-state index in [1.165, 1.54) is 18.7 Å². The summed E-state index contributed by atoms with van der Waals surface area (Å²) < 4.78 is 4.82. The van der Waals surface area contributed by atoms with Gasteiger partial charge in [-0.1, -0.05) is 54.6 Å². The third kappa shape index (κ3) is 6.97. The van der Waals surface area contributed by atoms with Crippen LogP contribution in [0.4, 0.5) is 11.4 Å². The van der Waals surface area contributed by atoms with Gasteiger partial charge < -0.3 is 15.0 Å². The first kappa shape index (κ1) is 26.9. The average molecular weight is 516 g/mol. The van der Waals surface area contributed by atoms with Crippen LogP contribution in [0.5, 0.6) is 0 Å². The molecule has 38 heavy (non-hydrogen) atoms. The Morgan fingerprint density at radius 2 is 1.79 bits per heavy atom. The average Bonchev–Trinajstić information content (AvgIpc) is 3.23. The Labute approximate surface area is 222 Å². The Balaban J connectivity index is 1.38. The highest BCUT2D eigenvalue weighted by Gasteiger charge is 2.39. The molecule has 1 N–H and O–H groups in total. The Morgan fingerprint density at radius 3 is 2.53 bits per heavy atom. The van der Waals surface area contributed by atoms with Crippen LogP contribution in [0.1, 0.15) is 31.2 Å². The van der Waals surface area contributed by atoms with Crippen LogP contribution in [-0.4, -0.2) is 47.9 Å². The molecule has 1 heterocycles. The molecule has 1 aliphatic rings. The highest BCUT2D eigenvalue weighted by molar-refractivity contribution is 5.85. The van der Waals surface area contributed by atoms with Gasteiger partial charge in [0.1, 0.15) is 0 Å². The normalized spacial score (nSPS) is 16.9. The van der Waals surface area contributed by atoms with Crippen LogP contribution in [0.3, 0.4) is 0 Å². The molecule has 0 radical (unpaired) electrons. The molecule has 0 aromatic heterocycles. The first-order valence-corrected chi connectivity index (χ1v) is 12.9. The van der Waals surface area contributed by atoms with E-state index < -0.39 is 4.92 Å². The van der Waals surface area contributed by atoms with Crippen LogP contribution >= 0.6 is 0 Å². The van der Waals surface area contributed by atoms with E-state index in [4.69, 9.17) is 4.74 Å². The van der Waals surface area contributed by atoms with Crippen molar-refractivity contribution in [3.05, 3.63) is 94.5 Å². The summed E-state index contributed by atoms with van der Waals surface area (Å²) >= 11 is 0. The molecule has 8 heteroatoms. The van der Waals surface area contributed by atoms with Gasteiger partial charge in [0.05, 0.1) is 24.4 Å². The van der Waals surface area contributed by atoms with Crippen LogP contribution in [0.25, 0.3) is 11.1 Å². The SMILES string of the molecule is COC(=O)C[C@@H]1C[C@@H](CCNc2cccc(-c3cccc([N+](=O)[O-])c3)c2)N(CCCc2ccccc2)C1=O. The van der Waals surface area contributed by atoms with Gasteiger partial charge in [0.15, 0.2) is 0 Å². The number of nitrogens with one attached hydrogen (secondary N) is 1. The van der Waals surface area contributed by atoms with Gasteiger partial charge >= 0.3 is 5.97 Å². The number of rotatable bonds is 12. The lowest BCUT2D eigenvalue weighted by Gasteiger charge is -2.25. The predicted molar refractivity (Wildman–Crippen MR) is 147 cm³/mol. The zero-order valence-electron chi connectivity index (χ0n) is 21.5. The van der Waals surface area contributed by atoms with Crippen molar-refractivity contribution in [3.8, 4) is 11.1 Å². The summed E-state index contributed by atoms with van der Waals surface area (Å²) in [6, 6.07) is 24.6. The molecule has 4 rings (SSSR count). The molecule has 1 saturated heterocycles. The minimum Gasteiger partial charge on any atom is -0.469 e. The molecule has 0 saturated carbocycles. The quantitative estimate of drug-likeness (QED) is 0.195. The van der Waals surface area contributed by atoms with Crippen LogP contribution in [-0.2, 0) is 20.7 Å². The number of methoxy groups -OCH3 is 1. The van der Waals surface area contributed by atoms with Crippen molar-refractivity contribution in [1.29, 1.82) is 0 Å². The lowest BCUT2D eigenvalue weighted by molar-refractivity contribution is -0.384. The molecule has 3 aromatic carbocycles. The smallest absolute Gasteiger partial charge is 0.306 e. The Morgan fingerprint density at radius 1 is 1.05 bits per heavy atom. The van der Waals surface area contributed by atoms with Crippen LogP contribution in [0.15, 0.2) is 78.9 Å². The number of nitro benzene ring substituents is 1. The molecule has 3 aromatic rings. The number of hydrogen-bond acceptors (Lipinski definition) is 6. The first-order valence-electron chi connectivity index (χ1n) is 12.9. The van der Waals surface area contributed by atoms with Crippen molar-refractivity contribution in [2.75, 3.05) is 25.5 Å². The van der Waals surface area contributed by atoms with Crippen molar-refractivity contribution < 1.29 is 19.2 Å². The highest BCUT2D eigenvalue weighted by Crippen LogP contribution is 2.31. The summed E-state index contributed by atoms with van der Waals surface area (Å²) in [7, 11) is 1.35. The number of esters is 1. The van der Waals surface area contributed by atoms with Gasteiger partial charge in [-0.25, -0.2) is 0 Å². The van der Waals surface area contributed by atoms with Crippen LogP contribution < -0.4 is 5.32 Å². The minimum atomic E-state index is -0.395. The second kappa shape index (κ2) is 12.9. The van der Waals surface area contributed by atoms with Gasteiger partial charge in [-0.2, -0.15) is 0 Å². The number of amides is 1. The van der Waals surface area contributed by atoms with Gasteiger partial charge in [-0.15, -0.1) is 0 Å². The number of carbonyl (C=O) groups is 2. The minimum absolute atomic E-state index is 0.0288. The molecule has 0 aliphatic carbocycles. The Bertz CT molecular complexity index is 1260. The maximum absolute atomic E-state index is 13.2. The fourth-order valence-corrected chi connectivity index (χ4v) is 5.08. The largest absolute Gasteiger partial charge is 0.469 e. The number of ether oxygens (including phenoxy) is 1. The third-order valence-corrected chi connectivity index (χ3v) is 7.04. The van der Waals surface area contributed by atoms with Crippen molar-refractivity contribution in [1.82, 2.24) is 4.90 Å². The van der Waals surface area contributed by atoms with Gasteiger partial charge in [0.25, 0.3) is 5.69 Å². The lowest BCUT2D eigenvalue weighted by atomic mass is 10.00. The third-order valence-electron chi connectivity index (χ3n) is 7.04. The standard InChI is InChI=1S/C30H33N3O5/c1-38-29(34)21-25-20-27(32(30(25)35)17-7-10-22-8-3-2-4-9-22)15-16-31-26-13-5-11-23(18-26)24-12-6-14-28(19-24)33(36)37/h2-6,8-9,11-14,18-19,25,27,31H,7,10,15-17,20-21H2,1H3/t25-,27+/m0/s1. The topological polar surface area (TPSA) is 102 Å². The van der Waals surface area contributed by atoms with Gasteiger partial charge in [-0.05, 0) is 54.5 Å². The Hall–Kier alpha value is -4.20. The number of anilines is 1. The number of nitrogens with zero attached hydrogens (tertiary/aromatic N) is 2. The molecular weight excluding hydrogens is 482 g/mol. The number of nitro groups is 1. The molecule has 0 spiro atoms. The summed E-state index contributed by atoms with van der Waals surface area (Å²) in [5.74, 6) is -0.674. The molecule has 1 amide bonds. The number of non-ortho nitro benzene ring substituents is 1.